The molecule has 178 valence electrons. The number of carbonyl (C=O) groups is 2. The average molecular weight is 503 g/mol. The molecule has 0 bridgehead atoms. The molecule has 5 rings (SSSR count). The molecule has 8 heteroatoms. The summed E-state index contributed by atoms with van der Waals surface area (Å²) in [7, 11) is 1.81. The third-order valence-corrected chi connectivity index (χ3v) is 8.59. The van der Waals surface area contributed by atoms with Gasteiger partial charge in [-0.3, -0.25) is 9.59 Å². The van der Waals surface area contributed by atoms with Crippen molar-refractivity contribution in [3.05, 3.63) is 87.7 Å². The molecular weight excluding hydrogens is 476 g/mol. The van der Waals surface area contributed by atoms with Gasteiger partial charge in [0.1, 0.15) is 5.51 Å². The van der Waals surface area contributed by atoms with Gasteiger partial charge in [0.2, 0.25) is 11.0 Å². The molecule has 1 aliphatic rings. The molecule has 2 atom stereocenters. The summed E-state index contributed by atoms with van der Waals surface area (Å²) < 4.78 is 0. The van der Waals surface area contributed by atoms with E-state index in [1.54, 1.807) is 21.7 Å². The fourth-order valence-corrected chi connectivity index (χ4v) is 6.57. The second-order valence-electron chi connectivity index (χ2n) is 9.02. The van der Waals surface area contributed by atoms with Crippen molar-refractivity contribution in [2.75, 3.05) is 18.9 Å². The number of benzene rings is 2. The predicted molar refractivity (Wildman–Crippen MR) is 141 cm³/mol. The normalized spacial score (nSPS) is 18.8. The molecule has 0 radical (unpaired) electrons. The van der Waals surface area contributed by atoms with Gasteiger partial charge in [-0.25, -0.2) is 0 Å². The summed E-state index contributed by atoms with van der Waals surface area (Å²) in [5.41, 5.74) is 5.04. The standard InChI is InChI=1S/C27H26N4O2S2/c1-4-31(3)24(32)19-12-10-17(11-13-19)21-14-20-22(35-21)15-27(2,23(20)18-8-6-5-7-9-18)25(33)29-26-30-28-16-34-26/h5-14,16,23H,4,15H2,1-3H3,(H,29,30,33)/t23-,27+/m1/s1. The fourth-order valence-electron chi connectivity index (χ4n) is 4.76. The summed E-state index contributed by atoms with van der Waals surface area (Å²) in [6, 6.07) is 20.3. The number of nitrogens with one attached hydrogen (secondary N) is 1. The van der Waals surface area contributed by atoms with Gasteiger partial charge < -0.3 is 10.2 Å². The first-order valence-corrected chi connectivity index (χ1v) is 13.2. The summed E-state index contributed by atoms with van der Waals surface area (Å²) in [6.07, 6.45) is 0.648. The lowest BCUT2D eigenvalue weighted by Crippen LogP contribution is -2.37. The van der Waals surface area contributed by atoms with E-state index in [0.717, 1.165) is 16.0 Å². The zero-order chi connectivity index (χ0) is 24.6. The Balaban J connectivity index is 1.48. The first-order chi connectivity index (χ1) is 16.9. The molecule has 2 aromatic carbocycles. The van der Waals surface area contributed by atoms with Crippen molar-refractivity contribution in [2.45, 2.75) is 26.2 Å². The lowest BCUT2D eigenvalue weighted by atomic mass is 9.73. The number of carbonyl (C=O) groups excluding carboxylic acids is 2. The second-order valence-corrected chi connectivity index (χ2v) is 11.0. The van der Waals surface area contributed by atoms with E-state index < -0.39 is 5.41 Å². The van der Waals surface area contributed by atoms with Crippen molar-refractivity contribution < 1.29 is 9.59 Å². The molecule has 0 aliphatic heterocycles. The van der Waals surface area contributed by atoms with E-state index in [4.69, 9.17) is 0 Å². The van der Waals surface area contributed by atoms with Gasteiger partial charge in [-0.05, 0) is 55.2 Å². The van der Waals surface area contributed by atoms with Crippen LogP contribution in [0.25, 0.3) is 10.4 Å². The fraction of sp³-hybridized carbons (Fsp3) is 0.259. The van der Waals surface area contributed by atoms with E-state index in [-0.39, 0.29) is 17.7 Å². The van der Waals surface area contributed by atoms with Crippen LogP contribution < -0.4 is 5.32 Å². The maximum Gasteiger partial charge on any atom is 0.253 e. The monoisotopic (exact) mass is 502 g/mol. The molecule has 0 fully saturated rings. The van der Waals surface area contributed by atoms with Crippen LogP contribution in [-0.4, -0.2) is 40.5 Å². The molecule has 4 aromatic rings. The van der Waals surface area contributed by atoms with Crippen LogP contribution in [0.3, 0.4) is 0 Å². The summed E-state index contributed by atoms with van der Waals surface area (Å²) >= 11 is 3.04. The molecule has 0 spiro atoms. The van der Waals surface area contributed by atoms with Crippen LogP contribution in [0.4, 0.5) is 5.13 Å². The molecular formula is C27H26N4O2S2. The summed E-state index contributed by atoms with van der Waals surface area (Å²) in [4.78, 5) is 30.0. The number of nitrogens with zero attached hydrogens (tertiary/aromatic N) is 3. The van der Waals surface area contributed by atoms with Crippen LogP contribution in [0.2, 0.25) is 0 Å². The van der Waals surface area contributed by atoms with Crippen LogP contribution in [0.1, 0.15) is 46.1 Å². The van der Waals surface area contributed by atoms with Crippen molar-refractivity contribution in [2.24, 2.45) is 5.41 Å². The minimum absolute atomic E-state index is 0.0223. The third kappa shape index (κ3) is 4.28. The Kier molecular flexibility index (Phi) is 6.25. The molecule has 0 saturated heterocycles. The highest BCUT2D eigenvalue weighted by atomic mass is 32.1. The number of amides is 2. The number of hydrogen-bond donors (Lipinski definition) is 1. The number of rotatable bonds is 6. The molecule has 0 unspecified atom stereocenters. The average Bonchev–Trinajstić information content (AvgIpc) is 3.59. The number of fused-ring (bicyclic) bond motifs is 1. The van der Waals surface area contributed by atoms with E-state index in [2.05, 4.69) is 33.7 Å². The first kappa shape index (κ1) is 23.4. The van der Waals surface area contributed by atoms with Gasteiger partial charge in [-0.1, -0.05) is 53.8 Å². The Morgan fingerprint density at radius 1 is 1.14 bits per heavy atom. The van der Waals surface area contributed by atoms with Crippen molar-refractivity contribution in [1.82, 2.24) is 15.1 Å². The maximum absolute atomic E-state index is 13.5. The smallest absolute Gasteiger partial charge is 0.253 e. The lowest BCUT2D eigenvalue weighted by molar-refractivity contribution is -0.125. The van der Waals surface area contributed by atoms with Crippen LogP contribution in [-0.2, 0) is 11.2 Å². The number of anilines is 1. The molecule has 2 heterocycles. The van der Waals surface area contributed by atoms with Crippen molar-refractivity contribution in [1.29, 1.82) is 0 Å². The van der Waals surface area contributed by atoms with Gasteiger partial charge in [0.05, 0.1) is 5.41 Å². The minimum Gasteiger partial charge on any atom is -0.342 e. The molecule has 1 aliphatic carbocycles. The van der Waals surface area contributed by atoms with Crippen LogP contribution >= 0.6 is 22.7 Å². The summed E-state index contributed by atoms with van der Waals surface area (Å²) in [5, 5.41) is 11.3. The van der Waals surface area contributed by atoms with Crippen molar-refractivity contribution in [3.63, 3.8) is 0 Å². The molecule has 1 N–H and O–H groups in total. The van der Waals surface area contributed by atoms with Crippen molar-refractivity contribution in [3.8, 4) is 10.4 Å². The molecule has 6 nitrogen and oxygen atoms in total. The highest BCUT2D eigenvalue weighted by molar-refractivity contribution is 7.15. The SMILES string of the molecule is CCN(C)C(=O)c1ccc(-c2cc3c(s2)C[C@](C)(C(=O)Nc2nncs2)[C@@H]3c2ccccc2)cc1. The number of thiophene rings is 1. The van der Waals surface area contributed by atoms with E-state index in [9.17, 15) is 9.59 Å². The number of hydrogen-bond acceptors (Lipinski definition) is 6. The lowest BCUT2D eigenvalue weighted by Gasteiger charge is -2.31. The van der Waals surface area contributed by atoms with Crippen LogP contribution in [0.5, 0.6) is 0 Å². The summed E-state index contributed by atoms with van der Waals surface area (Å²) in [6.45, 7) is 4.67. The second kappa shape index (κ2) is 9.36. The summed E-state index contributed by atoms with van der Waals surface area (Å²) in [5.74, 6) is -0.0966. The Labute approximate surface area is 212 Å². The maximum atomic E-state index is 13.5. The molecule has 2 aromatic heterocycles. The van der Waals surface area contributed by atoms with Gasteiger partial charge in [0.15, 0.2) is 0 Å². The Hall–Kier alpha value is -3.36. The van der Waals surface area contributed by atoms with Crippen LogP contribution in [0, 0.1) is 5.41 Å². The van der Waals surface area contributed by atoms with Gasteiger partial charge in [-0.2, -0.15) is 0 Å². The zero-order valence-corrected chi connectivity index (χ0v) is 21.5. The van der Waals surface area contributed by atoms with Crippen LogP contribution in [0.15, 0.2) is 66.2 Å². The Bertz CT molecular complexity index is 1350. The largest absolute Gasteiger partial charge is 0.342 e. The first-order valence-electron chi connectivity index (χ1n) is 11.5. The number of aromatic nitrogens is 2. The predicted octanol–water partition coefficient (Wildman–Crippen LogP) is 5.69. The highest BCUT2D eigenvalue weighted by Gasteiger charge is 2.50. The Morgan fingerprint density at radius 2 is 1.89 bits per heavy atom. The van der Waals surface area contributed by atoms with E-state index >= 15 is 0 Å². The topological polar surface area (TPSA) is 75.2 Å². The van der Waals surface area contributed by atoms with Crippen molar-refractivity contribution >= 4 is 39.6 Å². The quantitative estimate of drug-likeness (QED) is 0.367. The van der Waals surface area contributed by atoms with E-state index in [1.807, 2.05) is 63.4 Å². The van der Waals surface area contributed by atoms with E-state index in [0.29, 0.717) is 23.7 Å². The van der Waals surface area contributed by atoms with E-state index in [1.165, 1.54) is 21.8 Å². The molecule has 2 amide bonds. The zero-order valence-electron chi connectivity index (χ0n) is 19.8. The minimum atomic E-state index is -0.645. The van der Waals surface area contributed by atoms with Gasteiger partial charge in [0, 0.05) is 34.8 Å². The highest BCUT2D eigenvalue weighted by Crippen LogP contribution is 2.55. The van der Waals surface area contributed by atoms with Gasteiger partial charge in [-0.15, -0.1) is 21.5 Å². The van der Waals surface area contributed by atoms with Gasteiger partial charge >= 0.3 is 0 Å². The molecule has 0 saturated carbocycles. The van der Waals surface area contributed by atoms with Gasteiger partial charge in [0.25, 0.3) is 5.91 Å². The molecule has 35 heavy (non-hydrogen) atoms. The third-order valence-electron chi connectivity index (χ3n) is 6.79. The Morgan fingerprint density at radius 3 is 2.54 bits per heavy atom.